The molecule has 2 aliphatic rings. The van der Waals surface area contributed by atoms with E-state index < -0.39 is 0 Å². The van der Waals surface area contributed by atoms with Crippen LogP contribution in [0.15, 0.2) is 37.9 Å². The Hall–Kier alpha value is -2.93. The van der Waals surface area contributed by atoms with Crippen molar-refractivity contribution in [3.05, 3.63) is 61.4 Å². The number of likely N-dealkylation sites (N-methyl/N-ethyl adjacent to an activating group) is 1. The molecule has 32 heavy (non-hydrogen) atoms. The van der Waals surface area contributed by atoms with Gasteiger partial charge < -0.3 is 23.5 Å². The lowest BCUT2D eigenvalue weighted by Crippen LogP contribution is -2.19. The molecule has 0 saturated carbocycles. The van der Waals surface area contributed by atoms with Gasteiger partial charge in [0.15, 0.2) is 11.5 Å². The third-order valence-corrected chi connectivity index (χ3v) is 6.99. The van der Waals surface area contributed by atoms with Crippen LogP contribution in [-0.4, -0.2) is 32.4 Å². The van der Waals surface area contributed by atoms with Crippen molar-refractivity contribution >= 4 is 38.7 Å². The number of nitrogens with zero attached hydrogens (tertiary/aromatic N) is 1. The summed E-state index contributed by atoms with van der Waals surface area (Å²) in [5, 5.41) is 0.913. The Bertz CT molecular complexity index is 1320. The van der Waals surface area contributed by atoms with Crippen molar-refractivity contribution in [2.75, 3.05) is 27.5 Å². The summed E-state index contributed by atoms with van der Waals surface area (Å²) in [7, 11) is 3.67. The first-order valence-corrected chi connectivity index (χ1v) is 11.4. The lowest BCUT2D eigenvalue weighted by molar-refractivity contribution is 0.170. The summed E-state index contributed by atoms with van der Waals surface area (Å²) in [4.78, 5) is 14.6. The minimum Gasteiger partial charge on any atom is -0.492 e. The first-order valence-electron chi connectivity index (χ1n) is 10.6. The van der Waals surface area contributed by atoms with Gasteiger partial charge in [-0.15, -0.1) is 0 Å². The zero-order valence-corrected chi connectivity index (χ0v) is 20.0. The Morgan fingerprint density at radius 3 is 2.69 bits per heavy atom. The van der Waals surface area contributed by atoms with Crippen molar-refractivity contribution in [1.82, 2.24) is 4.90 Å². The van der Waals surface area contributed by atoms with Crippen molar-refractivity contribution in [3.8, 4) is 17.2 Å². The quantitative estimate of drug-likeness (QED) is 0.451. The zero-order valence-electron chi connectivity index (χ0n) is 18.5. The molecule has 6 nitrogen and oxygen atoms in total. The summed E-state index contributed by atoms with van der Waals surface area (Å²) in [5.74, 6) is 2.26. The lowest BCUT2D eigenvalue weighted by atomic mass is 9.97. The second-order valence-corrected chi connectivity index (χ2v) is 9.19. The van der Waals surface area contributed by atoms with Gasteiger partial charge in [0.05, 0.1) is 11.6 Å². The lowest BCUT2D eigenvalue weighted by Gasteiger charge is -2.22. The van der Waals surface area contributed by atoms with Gasteiger partial charge in [0, 0.05) is 41.9 Å². The Labute approximate surface area is 194 Å². The molecule has 166 valence electrons. The molecule has 0 N–H and O–H groups in total. The van der Waals surface area contributed by atoms with Crippen LogP contribution < -0.4 is 19.8 Å². The summed E-state index contributed by atoms with van der Waals surface area (Å²) in [6, 6.07) is 7.59. The zero-order chi connectivity index (χ0) is 22.6. The molecule has 2 aliphatic heterocycles. The number of benzene rings is 2. The number of hydrogen-bond donors (Lipinski definition) is 0. The van der Waals surface area contributed by atoms with E-state index in [1.165, 1.54) is 5.56 Å². The Morgan fingerprint density at radius 2 is 1.94 bits per heavy atom. The van der Waals surface area contributed by atoms with Crippen LogP contribution in [0.25, 0.3) is 22.7 Å². The van der Waals surface area contributed by atoms with Crippen LogP contribution in [0, 0.1) is 0 Å². The van der Waals surface area contributed by atoms with E-state index >= 15 is 0 Å². The van der Waals surface area contributed by atoms with Gasteiger partial charge in [-0.2, -0.15) is 0 Å². The van der Waals surface area contributed by atoms with Gasteiger partial charge in [-0.25, -0.2) is 4.79 Å². The van der Waals surface area contributed by atoms with Gasteiger partial charge in [-0.05, 0) is 57.6 Å². The molecular weight excluding hydrogens is 474 g/mol. The van der Waals surface area contributed by atoms with Crippen LogP contribution in [0.2, 0.25) is 0 Å². The SMILES string of the molecule is COc1c2c(c(Br)c3c1OCO3)CCN(C)C(c1cc(=O)oc3ccc(C(C)C)cc13)=C2. The molecule has 2 aromatic carbocycles. The second-order valence-electron chi connectivity index (χ2n) is 8.39. The van der Waals surface area contributed by atoms with E-state index in [1.54, 1.807) is 13.2 Å². The number of ether oxygens (including phenoxy) is 3. The maximum Gasteiger partial charge on any atom is 0.336 e. The smallest absolute Gasteiger partial charge is 0.336 e. The molecule has 0 atom stereocenters. The van der Waals surface area contributed by atoms with Gasteiger partial charge in [-0.1, -0.05) is 19.9 Å². The summed E-state index contributed by atoms with van der Waals surface area (Å²) >= 11 is 3.72. The highest BCUT2D eigenvalue weighted by Crippen LogP contribution is 2.52. The molecular formula is C25H24BrNO5. The largest absolute Gasteiger partial charge is 0.492 e. The summed E-state index contributed by atoms with van der Waals surface area (Å²) in [6.45, 7) is 5.22. The number of fused-ring (bicyclic) bond motifs is 3. The number of halogens is 1. The molecule has 0 radical (unpaired) electrons. The van der Waals surface area contributed by atoms with Crippen LogP contribution in [0.1, 0.15) is 42.0 Å². The topological polar surface area (TPSA) is 61.1 Å². The number of rotatable bonds is 3. The Kier molecular flexibility index (Phi) is 5.16. The van der Waals surface area contributed by atoms with Gasteiger partial charge in [0.2, 0.25) is 12.5 Å². The average Bonchev–Trinajstić information content (AvgIpc) is 3.19. The maximum atomic E-state index is 12.5. The highest BCUT2D eigenvalue weighted by Gasteiger charge is 2.31. The van der Waals surface area contributed by atoms with Crippen molar-refractivity contribution in [3.63, 3.8) is 0 Å². The molecule has 3 aromatic rings. The molecule has 0 spiro atoms. The van der Waals surface area contributed by atoms with Crippen LogP contribution in [0.5, 0.6) is 17.2 Å². The molecule has 7 heteroatoms. The second kappa shape index (κ2) is 7.89. The summed E-state index contributed by atoms with van der Waals surface area (Å²) < 4.78 is 23.6. The van der Waals surface area contributed by atoms with Crippen molar-refractivity contribution in [1.29, 1.82) is 0 Å². The van der Waals surface area contributed by atoms with Crippen molar-refractivity contribution in [2.24, 2.45) is 0 Å². The standard InChI is InChI=1S/C25H24BrNO5/c1-13(2)14-5-6-20-17(9-14)16(11-21(28)32-20)19-10-18-15(7-8-27(19)3)22(26)24-25(23(18)29-4)31-12-30-24/h5-6,9-11,13H,7-8,12H2,1-4H3. The van der Waals surface area contributed by atoms with Crippen LogP contribution >= 0.6 is 15.9 Å². The summed E-state index contributed by atoms with van der Waals surface area (Å²) in [6.07, 6.45) is 2.85. The first-order chi connectivity index (χ1) is 15.4. The van der Waals surface area contributed by atoms with Crippen LogP contribution in [-0.2, 0) is 6.42 Å². The maximum absolute atomic E-state index is 12.5. The molecule has 3 heterocycles. The van der Waals surface area contributed by atoms with Gasteiger partial charge in [-0.3, -0.25) is 0 Å². The molecule has 0 unspecified atom stereocenters. The van der Waals surface area contributed by atoms with Crippen molar-refractivity contribution < 1.29 is 18.6 Å². The van der Waals surface area contributed by atoms with Crippen LogP contribution in [0.3, 0.4) is 0 Å². The van der Waals surface area contributed by atoms with E-state index in [-0.39, 0.29) is 12.4 Å². The molecule has 0 saturated heterocycles. The van der Waals surface area contributed by atoms with E-state index in [0.717, 1.165) is 45.2 Å². The van der Waals surface area contributed by atoms with E-state index in [0.29, 0.717) is 28.7 Å². The third-order valence-electron chi connectivity index (χ3n) is 6.16. The van der Waals surface area contributed by atoms with E-state index in [2.05, 4.69) is 46.8 Å². The fraction of sp³-hybridized carbons (Fsp3) is 0.320. The predicted molar refractivity (Wildman–Crippen MR) is 128 cm³/mol. The Balaban J connectivity index is 1.81. The molecule has 1 aromatic heterocycles. The summed E-state index contributed by atoms with van der Waals surface area (Å²) in [5.41, 5.74) is 5.16. The highest BCUT2D eigenvalue weighted by atomic mass is 79.9. The molecule has 0 amide bonds. The first kappa shape index (κ1) is 20.9. The van der Waals surface area contributed by atoms with Crippen LogP contribution in [0.4, 0.5) is 0 Å². The van der Waals surface area contributed by atoms with Crippen molar-refractivity contribution in [2.45, 2.75) is 26.2 Å². The normalized spacial score (nSPS) is 15.1. The Morgan fingerprint density at radius 1 is 1.16 bits per heavy atom. The highest BCUT2D eigenvalue weighted by molar-refractivity contribution is 9.10. The molecule has 0 fully saturated rings. The predicted octanol–water partition coefficient (Wildman–Crippen LogP) is 5.40. The van der Waals surface area contributed by atoms with Gasteiger partial charge >= 0.3 is 5.63 Å². The average molecular weight is 498 g/mol. The number of hydrogen-bond acceptors (Lipinski definition) is 6. The van der Waals surface area contributed by atoms with Gasteiger partial charge in [0.25, 0.3) is 0 Å². The van der Waals surface area contributed by atoms with E-state index in [1.807, 2.05) is 19.2 Å². The fourth-order valence-electron chi connectivity index (χ4n) is 4.41. The molecule has 0 aliphatic carbocycles. The van der Waals surface area contributed by atoms with E-state index in [4.69, 9.17) is 18.6 Å². The van der Waals surface area contributed by atoms with Gasteiger partial charge in [0.1, 0.15) is 5.58 Å². The fourth-order valence-corrected chi connectivity index (χ4v) is 5.11. The minimum absolute atomic E-state index is 0.159. The number of methoxy groups -OCH3 is 1. The molecule has 5 rings (SSSR count). The minimum atomic E-state index is -0.373. The monoisotopic (exact) mass is 497 g/mol. The van der Waals surface area contributed by atoms with E-state index in [9.17, 15) is 4.79 Å². The molecule has 0 bridgehead atoms. The third kappa shape index (κ3) is 3.26.